The van der Waals surface area contributed by atoms with Crippen molar-refractivity contribution in [1.82, 2.24) is 4.90 Å². The van der Waals surface area contributed by atoms with E-state index < -0.39 is 0 Å². The topological polar surface area (TPSA) is 47.7 Å². The monoisotopic (exact) mass is 266 g/mol. The molecule has 4 nitrogen and oxygen atoms in total. The van der Waals surface area contributed by atoms with Gasteiger partial charge in [-0.3, -0.25) is 0 Å². The Labute approximate surface area is 116 Å². The van der Waals surface area contributed by atoms with Crippen molar-refractivity contribution in [3.05, 3.63) is 23.8 Å². The normalized spacial score (nSPS) is 11.7. The van der Waals surface area contributed by atoms with E-state index in [9.17, 15) is 0 Å². The zero-order valence-corrected chi connectivity index (χ0v) is 12.7. The molecule has 0 radical (unpaired) electrons. The van der Waals surface area contributed by atoms with Crippen molar-refractivity contribution >= 4 is 0 Å². The predicted molar refractivity (Wildman–Crippen MR) is 79.0 cm³/mol. The summed E-state index contributed by atoms with van der Waals surface area (Å²) in [5, 5.41) is 0. The molecule has 4 heteroatoms. The first-order valence-electron chi connectivity index (χ1n) is 6.54. The molecule has 1 aromatic rings. The molecule has 108 valence electrons. The van der Waals surface area contributed by atoms with Crippen LogP contribution in [0.25, 0.3) is 0 Å². The van der Waals surface area contributed by atoms with Crippen LogP contribution >= 0.6 is 0 Å². The Bertz CT molecular complexity index is 400. The van der Waals surface area contributed by atoms with Gasteiger partial charge in [0.1, 0.15) is 11.5 Å². The maximum absolute atomic E-state index is 6.02. The van der Waals surface area contributed by atoms with E-state index in [2.05, 4.69) is 11.9 Å². The lowest BCUT2D eigenvalue weighted by Crippen LogP contribution is -2.44. The molecule has 0 fully saturated rings. The molecule has 0 saturated heterocycles. The van der Waals surface area contributed by atoms with Crippen LogP contribution in [0, 0.1) is 0 Å². The minimum absolute atomic E-state index is 0.173. The highest BCUT2D eigenvalue weighted by Crippen LogP contribution is 2.24. The number of methoxy groups -OCH3 is 2. The van der Waals surface area contributed by atoms with E-state index in [0.717, 1.165) is 36.6 Å². The van der Waals surface area contributed by atoms with Gasteiger partial charge in [0, 0.05) is 18.6 Å². The number of nitrogens with zero attached hydrogens (tertiary/aromatic N) is 1. The van der Waals surface area contributed by atoms with E-state index in [1.165, 1.54) is 0 Å². The van der Waals surface area contributed by atoms with Crippen LogP contribution in [0.1, 0.15) is 19.4 Å². The van der Waals surface area contributed by atoms with Gasteiger partial charge in [0.05, 0.1) is 14.2 Å². The summed E-state index contributed by atoms with van der Waals surface area (Å²) < 4.78 is 10.6. The number of ether oxygens (including phenoxy) is 2. The second-order valence-corrected chi connectivity index (χ2v) is 5.65. The van der Waals surface area contributed by atoms with E-state index >= 15 is 0 Å². The van der Waals surface area contributed by atoms with Crippen molar-refractivity contribution in [2.24, 2.45) is 5.73 Å². The molecule has 0 saturated carbocycles. The number of rotatable bonds is 7. The smallest absolute Gasteiger partial charge is 0.122 e. The first-order chi connectivity index (χ1) is 8.85. The molecule has 2 N–H and O–H groups in total. The standard InChI is InChI=1S/C15H26N2O2/c1-15(2,16)11-17(3)9-8-12-10-13(18-4)6-7-14(12)19-5/h6-7,10H,8-9,11,16H2,1-5H3. The van der Waals surface area contributed by atoms with Crippen molar-refractivity contribution in [2.45, 2.75) is 25.8 Å². The third kappa shape index (κ3) is 5.49. The van der Waals surface area contributed by atoms with E-state index in [-0.39, 0.29) is 5.54 Å². The van der Waals surface area contributed by atoms with Crippen molar-refractivity contribution in [2.75, 3.05) is 34.4 Å². The molecule has 0 aromatic heterocycles. The molecule has 0 aliphatic heterocycles. The molecule has 0 atom stereocenters. The summed E-state index contributed by atoms with van der Waals surface area (Å²) in [6, 6.07) is 5.89. The van der Waals surface area contributed by atoms with Crippen molar-refractivity contribution in [1.29, 1.82) is 0 Å². The van der Waals surface area contributed by atoms with Crippen LogP contribution in [0.4, 0.5) is 0 Å². The summed E-state index contributed by atoms with van der Waals surface area (Å²) in [5.74, 6) is 1.76. The van der Waals surface area contributed by atoms with E-state index in [1.807, 2.05) is 32.0 Å². The van der Waals surface area contributed by atoms with E-state index in [0.29, 0.717) is 0 Å². The Kier molecular flexibility index (Phi) is 5.63. The molecule has 0 unspecified atom stereocenters. The summed E-state index contributed by atoms with van der Waals surface area (Å²) >= 11 is 0. The lowest BCUT2D eigenvalue weighted by Gasteiger charge is -2.26. The summed E-state index contributed by atoms with van der Waals surface area (Å²) in [7, 11) is 5.45. The van der Waals surface area contributed by atoms with Gasteiger partial charge in [-0.1, -0.05) is 0 Å². The third-order valence-corrected chi connectivity index (χ3v) is 2.93. The minimum Gasteiger partial charge on any atom is -0.497 e. The van der Waals surface area contributed by atoms with Gasteiger partial charge in [0.15, 0.2) is 0 Å². The maximum atomic E-state index is 6.02. The van der Waals surface area contributed by atoms with Crippen LogP contribution in [-0.4, -0.2) is 44.8 Å². The zero-order chi connectivity index (χ0) is 14.5. The summed E-state index contributed by atoms with van der Waals surface area (Å²) in [5.41, 5.74) is 7.00. The number of nitrogens with two attached hydrogens (primary N) is 1. The molecule has 0 bridgehead atoms. The molecular weight excluding hydrogens is 240 g/mol. The molecule has 1 aromatic carbocycles. The highest BCUT2D eigenvalue weighted by atomic mass is 16.5. The second-order valence-electron chi connectivity index (χ2n) is 5.65. The summed E-state index contributed by atoms with van der Waals surface area (Å²) in [6.45, 7) is 5.87. The predicted octanol–water partition coefficient (Wildman–Crippen LogP) is 1.92. The van der Waals surface area contributed by atoms with Crippen molar-refractivity contribution < 1.29 is 9.47 Å². The van der Waals surface area contributed by atoms with Gasteiger partial charge >= 0.3 is 0 Å². The molecular formula is C15H26N2O2. The lowest BCUT2D eigenvalue weighted by molar-refractivity contribution is 0.271. The van der Waals surface area contributed by atoms with Gasteiger partial charge in [0.2, 0.25) is 0 Å². The first-order valence-corrected chi connectivity index (χ1v) is 6.54. The summed E-state index contributed by atoms with van der Waals surface area (Å²) in [4.78, 5) is 2.24. The highest BCUT2D eigenvalue weighted by molar-refractivity contribution is 5.40. The highest BCUT2D eigenvalue weighted by Gasteiger charge is 2.14. The van der Waals surface area contributed by atoms with Gasteiger partial charge in [-0.2, -0.15) is 0 Å². The molecule has 0 amide bonds. The summed E-state index contributed by atoms with van der Waals surface area (Å²) in [6.07, 6.45) is 0.910. The Morgan fingerprint density at radius 2 is 1.89 bits per heavy atom. The van der Waals surface area contributed by atoms with Gasteiger partial charge in [-0.05, 0) is 51.1 Å². The SMILES string of the molecule is COc1ccc(OC)c(CCN(C)CC(C)(C)N)c1. The van der Waals surface area contributed by atoms with Gasteiger partial charge in [0.25, 0.3) is 0 Å². The fraction of sp³-hybridized carbons (Fsp3) is 0.600. The number of hydrogen-bond donors (Lipinski definition) is 1. The number of benzene rings is 1. The Hall–Kier alpha value is -1.26. The van der Waals surface area contributed by atoms with Crippen LogP contribution in [0.5, 0.6) is 11.5 Å². The van der Waals surface area contributed by atoms with Gasteiger partial charge in [-0.15, -0.1) is 0 Å². The van der Waals surface area contributed by atoms with E-state index in [4.69, 9.17) is 15.2 Å². The largest absolute Gasteiger partial charge is 0.497 e. The first kappa shape index (κ1) is 15.8. The Morgan fingerprint density at radius 1 is 1.21 bits per heavy atom. The van der Waals surface area contributed by atoms with Crippen LogP contribution < -0.4 is 15.2 Å². The zero-order valence-electron chi connectivity index (χ0n) is 12.7. The minimum atomic E-state index is -0.173. The number of likely N-dealkylation sites (N-methyl/N-ethyl adjacent to an activating group) is 1. The molecule has 1 rings (SSSR count). The third-order valence-electron chi connectivity index (χ3n) is 2.93. The van der Waals surface area contributed by atoms with E-state index in [1.54, 1.807) is 14.2 Å². The molecule has 0 heterocycles. The molecule has 0 aliphatic rings. The molecule has 19 heavy (non-hydrogen) atoms. The number of hydrogen-bond acceptors (Lipinski definition) is 4. The quantitative estimate of drug-likeness (QED) is 0.819. The maximum Gasteiger partial charge on any atom is 0.122 e. The fourth-order valence-electron chi connectivity index (χ4n) is 2.16. The Morgan fingerprint density at radius 3 is 2.42 bits per heavy atom. The average molecular weight is 266 g/mol. The second kappa shape index (κ2) is 6.78. The fourth-order valence-corrected chi connectivity index (χ4v) is 2.16. The van der Waals surface area contributed by atoms with Crippen LogP contribution in [-0.2, 0) is 6.42 Å². The lowest BCUT2D eigenvalue weighted by atomic mass is 10.1. The van der Waals surface area contributed by atoms with Gasteiger partial charge < -0.3 is 20.1 Å². The van der Waals surface area contributed by atoms with Crippen LogP contribution in [0.15, 0.2) is 18.2 Å². The Balaban J connectivity index is 2.65. The van der Waals surface area contributed by atoms with Gasteiger partial charge in [-0.25, -0.2) is 0 Å². The van der Waals surface area contributed by atoms with Crippen molar-refractivity contribution in [3.8, 4) is 11.5 Å². The van der Waals surface area contributed by atoms with Crippen molar-refractivity contribution in [3.63, 3.8) is 0 Å². The average Bonchev–Trinajstić information content (AvgIpc) is 2.33. The van der Waals surface area contributed by atoms with Crippen LogP contribution in [0.2, 0.25) is 0 Å². The van der Waals surface area contributed by atoms with Crippen LogP contribution in [0.3, 0.4) is 0 Å². The molecule has 0 spiro atoms. The molecule has 0 aliphatic carbocycles.